The Bertz CT molecular complexity index is 977. The minimum Gasteiger partial charge on any atom is -0.477 e. The number of nitrogen functional groups attached to an aromatic ring is 1. The van der Waals surface area contributed by atoms with Gasteiger partial charge in [-0.25, -0.2) is 18.0 Å². The van der Waals surface area contributed by atoms with Gasteiger partial charge in [0.15, 0.2) is 11.6 Å². The van der Waals surface area contributed by atoms with Crippen LogP contribution in [0.1, 0.15) is 16.8 Å². The summed E-state index contributed by atoms with van der Waals surface area (Å²) in [6.07, 6.45) is 1.49. The molecule has 1 aliphatic rings. The molecule has 5 N–H and O–H groups in total. The molecule has 1 fully saturated rings. The molecule has 0 saturated carbocycles. The van der Waals surface area contributed by atoms with E-state index in [1.54, 1.807) is 0 Å². The summed E-state index contributed by atoms with van der Waals surface area (Å²) in [7, 11) is 0. The van der Waals surface area contributed by atoms with Crippen molar-refractivity contribution in [2.24, 2.45) is 11.7 Å². The van der Waals surface area contributed by atoms with E-state index < -0.39 is 64.1 Å². The second kappa shape index (κ2) is 7.10. The largest absolute Gasteiger partial charge is 0.477 e. The first-order chi connectivity index (χ1) is 12.8. The third kappa shape index (κ3) is 2.99. The normalized spacial score (nSPS) is 17.0. The van der Waals surface area contributed by atoms with Crippen LogP contribution < -0.4 is 21.8 Å². The minimum absolute atomic E-state index is 0.0585. The molecule has 3 rings (SSSR count). The van der Waals surface area contributed by atoms with Gasteiger partial charge >= 0.3 is 5.97 Å². The molecule has 0 amide bonds. The van der Waals surface area contributed by atoms with Gasteiger partial charge in [-0.1, -0.05) is 0 Å². The van der Waals surface area contributed by atoms with E-state index >= 15 is 4.39 Å². The van der Waals surface area contributed by atoms with Crippen molar-refractivity contribution >= 4 is 28.2 Å². The Morgan fingerprint density at radius 2 is 2.04 bits per heavy atom. The predicted molar refractivity (Wildman–Crippen MR) is 94.8 cm³/mol. The Morgan fingerprint density at radius 1 is 1.33 bits per heavy atom. The van der Waals surface area contributed by atoms with Gasteiger partial charge in [-0.2, -0.15) is 0 Å². The lowest BCUT2D eigenvalue weighted by Gasteiger charge is -2.23. The van der Waals surface area contributed by atoms with Crippen molar-refractivity contribution < 1.29 is 23.1 Å². The van der Waals surface area contributed by atoms with Crippen LogP contribution in [0.2, 0.25) is 0 Å². The fraction of sp³-hybridized carbons (Fsp3) is 0.412. The zero-order chi connectivity index (χ0) is 19.9. The molecule has 146 valence electrons. The average molecular weight is 384 g/mol. The van der Waals surface area contributed by atoms with Crippen LogP contribution in [0, 0.1) is 17.6 Å². The van der Waals surface area contributed by atoms with Crippen LogP contribution in [0.3, 0.4) is 0 Å². The van der Waals surface area contributed by atoms with Gasteiger partial charge in [0.2, 0.25) is 5.43 Å². The molecule has 1 aliphatic heterocycles. The number of halogens is 3. The number of carboxylic acid groups (broad SMARTS) is 1. The molecule has 27 heavy (non-hydrogen) atoms. The van der Waals surface area contributed by atoms with Gasteiger partial charge in [0.25, 0.3) is 0 Å². The molecule has 10 heteroatoms. The highest BCUT2D eigenvalue weighted by atomic mass is 19.1. The predicted octanol–water partition coefficient (Wildman–Crippen LogP) is 1.31. The molecule has 0 bridgehead atoms. The molecule has 2 heterocycles. The van der Waals surface area contributed by atoms with Gasteiger partial charge in [0.05, 0.1) is 23.1 Å². The van der Waals surface area contributed by atoms with E-state index in [-0.39, 0.29) is 5.92 Å². The summed E-state index contributed by atoms with van der Waals surface area (Å²) >= 11 is 0. The van der Waals surface area contributed by atoms with Gasteiger partial charge in [0, 0.05) is 19.3 Å². The topological polar surface area (TPSA) is 115 Å². The first-order valence-corrected chi connectivity index (χ1v) is 8.39. The Hall–Kier alpha value is -2.75. The van der Waals surface area contributed by atoms with Crippen molar-refractivity contribution in [3.63, 3.8) is 0 Å². The van der Waals surface area contributed by atoms with E-state index in [2.05, 4.69) is 0 Å². The Morgan fingerprint density at radius 3 is 2.59 bits per heavy atom. The summed E-state index contributed by atoms with van der Waals surface area (Å²) in [6.45, 7) is -0.333. The number of carboxylic acids is 1. The van der Waals surface area contributed by atoms with Gasteiger partial charge in [-0.05, 0) is 18.9 Å². The molecule has 1 unspecified atom stereocenters. The number of carbonyl (C=O) groups is 1. The number of hydrogen-bond acceptors (Lipinski definition) is 5. The number of nitrogens with zero attached hydrogens (tertiary/aromatic N) is 2. The maximum Gasteiger partial charge on any atom is 0.341 e. The number of fused-ring (bicyclic) bond motifs is 1. The Labute approximate surface area is 152 Å². The number of rotatable bonds is 5. The quantitative estimate of drug-likeness (QED) is 0.670. The van der Waals surface area contributed by atoms with E-state index in [0.29, 0.717) is 26.1 Å². The molecule has 2 aromatic rings. The van der Waals surface area contributed by atoms with Crippen LogP contribution in [0.25, 0.3) is 10.9 Å². The second-order valence-corrected chi connectivity index (χ2v) is 6.51. The fourth-order valence-corrected chi connectivity index (χ4v) is 3.52. The lowest BCUT2D eigenvalue weighted by Crippen LogP contribution is -2.27. The van der Waals surface area contributed by atoms with Crippen LogP contribution >= 0.6 is 0 Å². The number of aryl methyl sites for hydroxylation is 1. The van der Waals surface area contributed by atoms with Crippen LogP contribution in [0.4, 0.5) is 24.5 Å². The summed E-state index contributed by atoms with van der Waals surface area (Å²) in [6, 6.07) is 0. The zero-order valence-electron chi connectivity index (χ0n) is 14.3. The Kier molecular flexibility index (Phi) is 5.01. The van der Waals surface area contributed by atoms with Crippen LogP contribution in [-0.2, 0) is 6.54 Å². The number of hydrogen-bond donors (Lipinski definition) is 3. The molecule has 1 atom stereocenters. The number of aromatic carboxylic acids is 1. The number of benzene rings is 1. The molecule has 1 saturated heterocycles. The third-order valence-electron chi connectivity index (χ3n) is 4.90. The molecule has 0 aliphatic carbocycles. The van der Waals surface area contributed by atoms with Gasteiger partial charge in [-0.15, -0.1) is 0 Å². The summed E-state index contributed by atoms with van der Waals surface area (Å²) in [4.78, 5) is 25.2. The maximum atomic E-state index is 15.3. The monoisotopic (exact) mass is 384 g/mol. The first kappa shape index (κ1) is 19.0. The SMILES string of the molecule is NCC1CCN(c2c(F)c(N)c3c(=O)c(C(=O)O)cn(CCF)c3c2F)C1. The standard InChI is InChI=1S/C17H19F3N4O3/c18-2-4-24-7-9(17(26)27)16(25)10-13(22)11(19)15(12(20)14(10)24)23-3-1-8(5-21)6-23/h7-8H,1-6,21-22H2,(H,26,27). The molecular formula is C17H19F3N4O3. The van der Waals surface area contributed by atoms with Crippen molar-refractivity contribution in [2.45, 2.75) is 13.0 Å². The van der Waals surface area contributed by atoms with Crippen molar-refractivity contribution in [1.29, 1.82) is 0 Å². The zero-order valence-corrected chi connectivity index (χ0v) is 14.3. The summed E-state index contributed by atoms with van der Waals surface area (Å²) in [5.41, 5.74) is 8.05. The van der Waals surface area contributed by atoms with E-state index in [1.807, 2.05) is 0 Å². The lowest BCUT2D eigenvalue weighted by molar-refractivity contribution is 0.0694. The molecule has 1 aromatic carbocycles. The average Bonchev–Trinajstić information content (AvgIpc) is 3.09. The molecule has 1 aromatic heterocycles. The highest BCUT2D eigenvalue weighted by Crippen LogP contribution is 2.37. The Balaban J connectivity index is 2.36. The molecular weight excluding hydrogens is 365 g/mol. The summed E-state index contributed by atoms with van der Waals surface area (Å²) < 4.78 is 44.1. The van der Waals surface area contributed by atoms with Crippen molar-refractivity contribution in [3.8, 4) is 0 Å². The number of nitrogens with two attached hydrogens (primary N) is 2. The van der Waals surface area contributed by atoms with Crippen LogP contribution in [0.5, 0.6) is 0 Å². The smallest absolute Gasteiger partial charge is 0.341 e. The number of pyridine rings is 1. The number of aromatic nitrogens is 1. The highest BCUT2D eigenvalue weighted by molar-refractivity contribution is 5.99. The van der Waals surface area contributed by atoms with Gasteiger partial charge < -0.3 is 26.0 Å². The van der Waals surface area contributed by atoms with Gasteiger partial charge in [0.1, 0.15) is 17.9 Å². The van der Waals surface area contributed by atoms with E-state index in [9.17, 15) is 23.5 Å². The third-order valence-corrected chi connectivity index (χ3v) is 4.90. The van der Waals surface area contributed by atoms with Crippen LogP contribution in [0.15, 0.2) is 11.0 Å². The van der Waals surface area contributed by atoms with Crippen molar-refractivity contribution in [2.75, 3.05) is 36.9 Å². The van der Waals surface area contributed by atoms with Gasteiger partial charge in [-0.3, -0.25) is 4.79 Å². The molecule has 0 radical (unpaired) electrons. The highest BCUT2D eigenvalue weighted by Gasteiger charge is 2.31. The minimum atomic E-state index is -1.59. The summed E-state index contributed by atoms with van der Waals surface area (Å²) in [5.74, 6) is -3.74. The summed E-state index contributed by atoms with van der Waals surface area (Å²) in [5, 5.41) is 8.58. The fourth-order valence-electron chi connectivity index (χ4n) is 3.52. The maximum absolute atomic E-state index is 15.3. The van der Waals surface area contributed by atoms with Crippen molar-refractivity contribution in [1.82, 2.24) is 4.57 Å². The second-order valence-electron chi connectivity index (χ2n) is 6.51. The van der Waals surface area contributed by atoms with Crippen LogP contribution in [-0.4, -0.2) is 42.0 Å². The number of alkyl halides is 1. The van der Waals surface area contributed by atoms with E-state index in [0.717, 1.165) is 10.8 Å². The first-order valence-electron chi connectivity index (χ1n) is 8.39. The van der Waals surface area contributed by atoms with E-state index in [1.165, 1.54) is 4.90 Å². The molecule has 7 nitrogen and oxygen atoms in total. The van der Waals surface area contributed by atoms with E-state index in [4.69, 9.17) is 11.5 Å². The molecule has 0 spiro atoms. The van der Waals surface area contributed by atoms with Crippen molar-refractivity contribution in [3.05, 3.63) is 33.6 Å². The lowest BCUT2D eigenvalue weighted by atomic mass is 10.1. The number of anilines is 2.